The molecule has 0 saturated heterocycles. The molecule has 1 aliphatic heterocycles. The Kier molecular flexibility index (Phi) is 8.05. The van der Waals surface area contributed by atoms with E-state index in [2.05, 4.69) is 20.6 Å². The molecular formula is C26H29N5O3. The van der Waals surface area contributed by atoms with Gasteiger partial charge in [-0.1, -0.05) is 24.3 Å². The maximum atomic E-state index is 13.3. The second kappa shape index (κ2) is 11.8. The van der Waals surface area contributed by atoms with Gasteiger partial charge in [-0.15, -0.1) is 0 Å². The van der Waals surface area contributed by atoms with Crippen molar-refractivity contribution in [1.29, 1.82) is 0 Å². The van der Waals surface area contributed by atoms with E-state index in [1.807, 2.05) is 42.5 Å². The van der Waals surface area contributed by atoms with Crippen LogP contribution in [-0.4, -0.2) is 52.9 Å². The van der Waals surface area contributed by atoms with Gasteiger partial charge in [0, 0.05) is 31.4 Å². The fraction of sp³-hybridized carbons (Fsp3) is 0.308. The number of pyridine rings is 2. The van der Waals surface area contributed by atoms with Gasteiger partial charge in [-0.25, -0.2) is 4.98 Å². The van der Waals surface area contributed by atoms with Crippen LogP contribution in [0.25, 0.3) is 0 Å². The maximum Gasteiger partial charge on any atom is 0.273 e. The zero-order valence-electron chi connectivity index (χ0n) is 19.1. The van der Waals surface area contributed by atoms with Gasteiger partial charge in [0.25, 0.3) is 5.91 Å². The van der Waals surface area contributed by atoms with Gasteiger partial charge in [0.2, 0.25) is 5.91 Å². The summed E-state index contributed by atoms with van der Waals surface area (Å²) in [5.74, 6) is 0.836. The summed E-state index contributed by atoms with van der Waals surface area (Å²) in [6, 6.07) is 18.6. The Morgan fingerprint density at radius 3 is 2.79 bits per heavy atom. The summed E-state index contributed by atoms with van der Waals surface area (Å²) in [5.41, 5.74) is 2.00. The Morgan fingerprint density at radius 1 is 1.03 bits per heavy atom. The van der Waals surface area contributed by atoms with Crippen LogP contribution in [0.4, 0.5) is 11.5 Å². The predicted octanol–water partition coefficient (Wildman–Crippen LogP) is 3.58. The number of hydrogen-bond donors (Lipinski definition) is 2. The number of aromatic nitrogens is 2. The Hall–Kier alpha value is -3.94. The average Bonchev–Trinajstić information content (AvgIpc) is 2.86. The number of rotatable bonds is 5. The topological polar surface area (TPSA) is 96.5 Å². The number of para-hydroxylation sites is 2. The Labute approximate surface area is 199 Å². The number of hydrogen-bond acceptors (Lipinski definition) is 6. The van der Waals surface area contributed by atoms with E-state index >= 15 is 0 Å². The number of ether oxygens (including phenoxy) is 1. The van der Waals surface area contributed by atoms with Crippen LogP contribution in [0.3, 0.4) is 0 Å². The molecule has 0 radical (unpaired) electrons. The molecule has 2 aromatic heterocycles. The average molecular weight is 460 g/mol. The minimum atomic E-state index is -0.259. The molecule has 8 nitrogen and oxygen atoms in total. The van der Waals surface area contributed by atoms with Crippen LogP contribution in [0.2, 0.25) is 0 Å². The smallest absolute Gasteiger partial charge is 0.273 e. The molecule has 3 aromatic rings. The van der Waals surface area contributed by atoms with Crippen LogP contribution in [0, 0.1) is 0 Å². The third kappa shape index (κ3) is 6.54. The zero-order chi connectivity index (χ0) is 23.6. The van der Waals surface area contributed by atoms with Crippen molar-refractivity contribution in [3.05, 3.63) is 78.2 Å². The number of fused-ring (bicyclic) bond motifs is 3. The molecule has 176 valence electrons. The highest BCUT2D eigenvalue weighted by Crippen LogP contribution is 2.27. The quantitative estimate of drug-likeness (QED) is 0.605. The highest BCUT2D eigenvalue weighted by molar-refractivity contribution is 5.95. The molecule has 34 heavy (non-hydrogen) atoms. The lowest BCUT2D eigenvalue weighted by Crippen LogP contribution is -2.42. The molecule has 1 aromatic carbocycles. The highest BCUT2D eigenvalue weighted by atomic mass is 16.5. The summed E-state index contributed by atoms with van der Waals surface area (Å²) < 4.78 is 5.96. The minimum Gasteiger partial charge on any atom is -0.491 e. The van der Waals surface area contributed by atoms with E-state index in [9.17, 15) is 9.59 Å². The molecule has 2 bridgehead atoms. The van der Waals surface area contributed by atoms with Crippen molar-refractivity contribution in [3.63, 3.8) is 0 Å². The molecule has 3 heterocycles. The number of carbonyl (C=O) groups is 2. The van der Waals surface area contributed by atoms with E-state index in [-0.39, 0.29) is 18.4 Å². The number of benzene rings is 1. The molecule has 0 unspecified atom stereocenters. The molecular weight excluding hydrogens is 430 g/mol. The first-order valence-electron chi connectivity index (χ1n) is 11.6. The Morgan fingerprint density at radius 2 is 1.91 bits per heavy atom. The first-order valence-corrected chi connectivity index (χ1v) is 11.6. The van der Waals surface area contributed by atoms with Crippen molar-refractivity contribution < 1.29 is 14.3 Å². The van der Waals surface area contributed by atoms with Crippen LogP contribution in [-0.2, 0) is 11.2 Å². The molecule has 0 saturated carbocycles. The highest BCUT2D eigenvalue weighted by Gasteiger charge is 2.20. The minimum absolute atomic E-state index is 0.0142. The van der Waals surface area contributed by atoms with Gasteiger partial charge >= 0.3 is 0 Å². The van der Waals surface area contributed by atoms with Crippen LogP contribution in [0.5, 0.6) is 5.75 Å². The van der Waals surface area contributed by atoms with Crippen LogP contribution < -0.4 is 15.4 Å². The molecule has 0 atom stereocenters. The van der Waals surface area contributed by atoms with Gasteiger partial charge in [-0.05, 0) is 55.7 Å². The number of carbonyl (C=O) groups excluding carboxylic acids is 2. The van der Waals surface area contributed by atoms with E-state index in [1.165, 1.54) is 0 Å². The van der Waals surface area contributed by atoms with E-state index in [0.717, 1.165) is 36.4 Å². The van der Waals surface area contributed by atoms with E-state index in [4.69, 9.17) is 4.74 Å². The molecule has 4 rings (SSSR count). The number of nitrogens with one attached hydrogen (secondary N) is 2. The van der Waals surface area contributed by atoms with Crippen LogP contribution in [0.1, 0.15) is 35.4 Å². The van der Waals surface area contributed by atoms with Crippen molar-refractivity contribution in [2.24, 2.45) is 0 Å². The van der Waals surface area contributed by atoms with Crippen LogP contribution >= 0.6 is 0 Å². The second-order valence-corrected chi connectivity index (χ2v) is 8.09. The molecule has 8 heteroatoms. The van der Waals surface area contributed by atoms with Crippen molar-refractivity contribution >= 4 is 23.3 Å². The van der Waals surface area contributed by atoms with Gasteiger partial charge < -0.3 is 20.3 Å². The summed E-state index contributed by atoms with van der Waals surface area (Å²) in [4.78, 5) is 36.2. The maximum absolute atomic E-state index is 13.3. The Bertz CT molecular complexity index is 1110. The van der Waals surface area contributed by atoms with E-state index < -0.39 is 0 Å². The molecule has 0 aliphatic carbocycles. The third-order valence-corrected chi connectivity index (χ3v) is 5.50. The van der Waals surface area contributed by atoms with Crippen molar-refractivity contribution in [3.8, 4) is 5.75 Å². The Balaban J connectivity index is 1.45. The molecule has 0 spiro atoms. The summed E-state index contributed by atoms with van der Waals surface area (Å²) >= 11 is 0. The number of anilines is 2. The van der Waals surface area contributed by atoms with Crippen molar-refractivity contribution in [2.45, 2.75) is 25.7 Å². The van der Waals surface area contributed by atoms with Crippen molar-refractivity contribution in [1.82, 2.24) is 20.2 Å². The standard InChI is InChI=1S/C26H29N5O3/c32-25(28-16-14-20-9-4-5-15-27-20)19-31-17-6-1-7-18-34-23-12-3-2-10-21(23)29-24-13-8-11-22(30-24)26(31)33/h2-5,8-13,15H,1,6-7,14,16-19H2,(H,28,32)(H,29,30). The second-order valence-electron chi connectivity index (χ2n) is 8.09. The van der Waals surface area contributed by atoms with Gasteiger partial charge in [0.15, 0.2) is 0 Å². The van der Waals surface area contributed by atoms with E-state index in [0.29, 0.717) is 37.6 Å². The van der Waals surface area contributed by atoms with Gasteiger partial charge in [0.05, 0.1) is 18.8 Å². The fourth-order valence-corrected chi connectivity index (χ4v) is 3.74. The first-order chi connectivity index (χ1) is 16.7. The van der Waals surface area contributed by atoms with Gasteiger partial charge in [-0.2, -0.15) is 0 Å². The lowest BCUT2D eigenvalue weighted by atomic mass is 10.2. The summed E-state index contributed by atoms with van der Waals surface area (Å²) in [6.07, 6.45) is 4.88. The molecule has 1 aliphatic rings. The number of amides is 2. The monoisotopic (exact) mass is 459 g/mol. The van der Waals surface area contributed by atoms with Crippen molar-refractivity contribution in [2.75, 3.05) is 31.6 Å². The lowest BCUT2D eigenvalue weighted by molar-refractivity contribution is -0.121. The number of nitrogens with zero attached hydrogens (tertiary/aromatic N) is 3. The van der Waals surface area contributed by atoms with Gasteiger partial charge in [-0.3, -0.25) is 14.6 Å². The molecule has 0 fully saturated rings. The zero-order valence-corrected chi connectivity index (χ0v) is 19.1. The lowest BCUT2D eigenvalue weighted by Gasteiger charge is -2.23. The molecule has 2 N–H and O–H groups in total. The van der Waals surface area contributed by atoms with Crippen LogP contribution in [0.15, 0.2) is 66.9 Å². The normalized spacial score (nSPS) is 14.2. The first kappa shape index (κ1) is 23.2. The summed E-state index contributed by atoms with van der Waals surface area (Å²) in [7, 11) is 0. The van der Waals surface area contributed by atoms with Gasteiger partial charge in [0.1, 0.15) is 17.3 Å². The summed E-state index contributed by atoms with van der Waals surface area (Å²) in [6.45, 7) is 1.50. The largest absolute Gasteiger partial charge is 0.491 e. The SMILES string of the molecule is O=C(CN1CCCCCOc2ccccc2Nc2cccc(n2)C1=O)NCCc1ccccn1. The third-order valence-electron chi connectivity index (χ3n) is 5.50. The predicted molar refractivity (Wildman–Crippen MR) is 130 cm³/mol. The summed E-state index contributed by atoms with van der Waals surface area (Å²) in [5, 5.41) is 6.14. The fourth-order valence-electron chi connectivity index (χ4n) is 3.74. The van der Waals surface area contributed by atoms with E-state index in [1.54, 1.807) is 29.3 Å². The molecule has 2 amide bonds.